The van der Waals surface area contributed by atoms with E-state index < -0.39 is 9.84 Å². The molecule has 8 heteroatoms. The first-order chi connectivity index (χ1) is 13.8. The molecule has 0 bridgehead atoms. The summed E-state index contributed by atoms with van der Waals surface area (Å²) < 4.78 is 35.3. The Kier molecular flexibility index (Phi) is 7.54. The van der Waals surface area contributed by atoms with Crippen molar-refractivity contribution in [3.05, 3.63) is 29.8 Å². The van der Waals surface area contributed by atoms with Gasteiger partial charge in [-0.1, -0.05) is 17.7 Å². The maximum atomic E-state index is 13.0. The van der Waals surface area contributed by atoms with Crippen LogP contribution in [0.5, 0.6) is 5.75 Å². The lowest BCUT2D eigenvalue weighted by Gasteiger charge is -2.32. The van der Waals surface area contributed by atoms with Crippen LogP contribution < -0.4 is 4.74 Å². The minimum Gasteiger partial charge on any atom is -0.492 e. The van der Waals surface area contributed by atoms with Crippen LogP contribution in [0.1, 0.15) is 24.8 Å². The van der Waals surface area contributed by atoms with E-state index in [4.69, 9.17) is 9.47 Å². The summed E-state index contributed by atoms with van der Waals surface area (Å²) in [5.41, 5.74) is 1.18. The smallest absolute Gasteiger partial charge is 0.237 e. The molecule has 1 amide bonds. The predicted octanol–water partition coefficient (Wildman–Crippen LogP) is 1.50. The van der Waals surface area contributed by atoms with Crippen molar-refractivity contribution < 1.29 is 22.7 Å². The Balaban J connectivity index is 1.51. The topological polar surface area (TPSA) is 76.2 Å². The van der Waals surface area contributed by atoms with Crippen molar-refractivity contribution in [1.82, 2.24) is 9.80 Å². The number of likely N-dealkylation sites (N-methyl/N-ethyl adjacent to an activating group) is 1. The number of carbonyl (C=O) groups excluding carboxylic acids is 1. The van der Waals surface area contributed by atoms with Gasteiger partial charge in [0.15, 0.2) is 9.84 Å². The molecule has 2 heterocycles. The van der Waals surface area contributed by atoms with E-state index in [0.717, 1.165) is 18.6 Å². The molecular weight excluding hydrogens is 392 g/mol. The van der Waals surface area contributed by atoms with E-state index in [1.807, 2.05) is 43.1 Å². The number of nitrogens with zero attached hydrogens (tertiary/aromatic N) is 2. The van der Waals surface area contributed by atoms with E-state index in [1.165, 1.54) is 5.56 Å². The van der Waals surface area contributed by atoms with Gasteiger partial charge in [0.1, 0.15) is 12.4 Å². The van der Waals surface area contributed by atoms with E-state index in [0.29, 0.717) is 32.7 Å². The SMILES string of the molecule is Cc1ccc(OCCN(C)CC(=O)N(CC2CCCO2)C2CCS(=O)(=O)C2)cc1. The van der Waals surface area contributed by atoms with Crippen molar-refractivity contribution in [3.8, 4) is 5.75 Å². The fourth-order valence-corrected chi connectivity index (χ4v) is 5.57. The van der Waals surface area contributed by atoms with E-state index in [-0.39, 0.29) is 36.1 Å². The van der Waals surface area contributed by atoms with Crippen molar-refractivity contribution in [1.29, 1.82) is 0 Å². The highest BCUT2D eigenvalue weighted by Crippen LogP contribution is 2.21. The van der Waals surface area contributed by atoms with Crippen molar-refractivity contribution in [2.45, 2.75) is 38.3 Å². The molecule has 1 aromatic carbocycles. The second kappa shape index (κ2) is 9.91. The van der Waals surface area contributed by atoms with Crippen LogP contribution in [0.15, 0.2) is 24.3 Å². The number of hydrogen-bond acceptors (Lipinski definition) is 6. The number of carbonyl (C=O) groups is 1. The summed E-state index contributed by atoms with van der Waals surface area (Å²) in [6.45, 7) is 4.55. The van der Waals surface area contributed by atoms with Crippen LogP contribution in [0.25, 0.3) is 0 Å². The first-order valence-corrected chi connectivity index (χ1v) is 12.1. The molecule has 1 aromatic rings. The molecule has 29 heavy (non-hydrogen) atoms. The number of sulfone groups is 1. The monoisotopic (exact) mass is 424 g/mol. The zero-order valence-corrected chi connectivity index (χ0v) is 18.2. The molecule has 2 fully saturated rings. The average Bonchev–Trinajstić information content (AvgIpc) is 3.30. The molecule has 0 radical (unpaired) electrons. The summed E-state index contributed by atoms with van der Waals surface area (Å²) in [5, 5.41) is 0. The molecule has 7 nitrogen and oxygen atoms in total. The van der Waals surface area contributed by atoms with E-state index >= 15 is 0 Å². The van der Waals surface area contributed by atoms with Crippen LogP contribution in [0.3, 0.4) is 0 Å². The standard InChI is InChI=1S/C21H32N2O5S/c1-17-5-7-19(8-6-17)28-12-10-22(2)15-21(24)23(14-20-4-3-11-27-20)18-9-13-29(25,26)16-18/h5-8,18,20H,3-4,9-16H2,1-2H3. The van der Waals surface area contributed by atoms with Gasteiger partial charge >= 0.3 is 0 Å². The Bertz CT molecular complexity index is 775. The summed E-state index contributed by atoms with van der Waals surface area (Å²) in [7, 11) is -1.17. The maximum absolute atomic E-state index is 13.0. The lowest BCUT2D eigenvalue weighted by molar-refractivity contribution is -0.135. The van der Waals surface area contributed by atoms with Gasteiger partial charge in [0, 0.05) is 25.7 Å². The lowest BCUT2D eigenvalue weighted by Crippen LogP contribution is -2.49. The summed E-state index contributed by atoms with van der Waals surface area (Å²) in [5.74, 6) is 0.991. The van der Waals surface area contributed by atoms with Crippen molar-refractivity contribution in [2.75, 3.05) is 51.4 Å². The first-order valence-electron chi connectivity index (χ1n) is 10.3. The van der Waals surface area contributed by atoms with Gasteiger partial charge in [-0.25, -0.2) is 8.42 Å². The number of hydrogen-bond donors (Lipinski definition) is 0. The minimum absolute atomic E-state index is 0.0115. The highest BCUT2D eigenvalue weighted by molar-refractivity contribution is 7.91. The van der Waals surface area contributed by atoms with Crippen LogP contribution in [-0.4, -0.2) is 87.7 Å². The predicted molar refractivity (Wildman–Crippen MR) is 112 cm³/mol. The molecule has 3 rings (SSSR count). The Labute approximate surface area is 173 Å². The van der Waals surface area contributed by atoms with Gasteiger partial charge in [0.05, 0.1) is 24.2 Å². The largest absolute Gasteiger partial charge is 0.492 e. The molecule has 0 saturated carbocycles. The number of amides is 1. The fourth-order valence-electron chi connectivity index (χ4n) is 3.84. The third-order valence-electron chi connectivity index (χ3n) is 5.56. The maximum Gasteiger partial charge on any atom is 0.237 e. The number of rotatable bonds is 9. The van der Waals surface area contributed by atoms with Crippen LogP contribution in [0.4, 0.5) is 0 Å². The quantitative estimate of drug-likeness (QED) is 0.598. The van der Waals surface area contributed by atoms with Gasteiger partial charge in [0.2, 0.25) is 5.91 Å². The number of aryl methyl sites for hydroxylation is 1. The molecule has 162 valence electrons. The van der Waals surface area contributed by atoms with E-state index in [1.54, 1.807) is 4.90 Å². The summed E-state index contributed by atoms with van der Waals surface area (Å²) in [4.78, 5) is 16.7. The van der Waals surface area contributed by atoms with Crippen LogP contribution in [-0.2, 0) is 19.4 Å². The van der Waals surface area contributed by atoms with E-state index in [2.05, 4.69) is 0 Å². The van der Waals surface area contributed by atoms with Crippen LogP contribution >= 0.6 is 0 Å². The third kappa shape index (κ3) is 6.69. The Morgan fingerprint density at radius 2 is 2.00 bits per heavy atom. The summed E-state index contributed by atoms with van der Waals surface area (Å²) in [6.07, 6.45) is 2.44. The second-order valence-corrected chi connectivity index (χ2v) is 10.4. The highest BCUT2D eigenvalue weighted by atomic mass is 32.2. The lowest BCUT2D eigenvalue weighted by atomic mass is 10.1. The Morgan fingerprint density at radius 1 is 1.24 bits per heavy atom. The summed E-state index contributed by atoms with van der Waals surface area (Å²) in [6, 6.07) is 7.63. The molecule has 2 aliphatic heterocycles. The Hall–Kier alpha value is -1.64. The molecule has 2 saturated heterocycles. The second-order valence-electron chi connectivity index (χ2n) is 8.14. The minimum atomic E-state index is -3.05. The molecule has 0 aliphatic carbocycles. The molecule has 2 atom stereocenters. The first kappa shape index (κ1) is 22.1. The van der Waals surface area contributed by atoms with Gasteiger partial charge in [0.25, 0.3) is 0 Å². The van der Waals surface area contributed by atoms with Crippen LogP contribution in [0.2, 0.25) is 0 Å². The Morgan fingerprint density at radius 3 is 2.62 bits per heavy atom. The van der Waals surface area contributed by atoms with Crippen molar-refractivity contribution in [3.63, 3.8) is 0 Å². The molecule has 2 unspecified atom stereocenters. The molecule has 0 spiro atoms. The fraction of sp³-hybridized carbons (Fsp3) is 0.667. The van der Waals surface area contributed by atoms with Gasteiger partial charge in [-0.3, -0.25) is 9.69 Å². The molecule has 2 aliphatic rings. The average molecular weight is 425 g/mol. The van der Waals surface area contributed by atoms with Gasteiger partial charge in [-0.2, -0.15) is 0 Å². The van der Waals surface area contributed by atoms with Gasteiger partial charge in [-0.05, 0) is 45.4 Å². The van der Waals surface area contributed by atoms with Crippen LogP contribution in [0, 0.1) is 6.92 Å². The molecule has 0 N–H and O–H groups in total. The van der Waals surface area contributed by atoms with Crippen molar-refractivity contribution in [2.24, 2.45) is 0 Å². The molecular formula is C21H32N2O5S. The number of ether oxygens (including phenoxy) is 2. The highest BCUT2D eigenvalue weighted by Gasteiger charge is 2.36. The van der Waals surface area contributed by atoms with Crippen molar-refractivity contribution >= 4 is 15.7 Å². The zero-order valence-electron chi connectivity index (χ0n) is 17.4. The van der Waals surface area contributed by atoms with Gasteiger partial charge in [-0.15, -0.1) is 0 Å². The summed E-state index contributed by atoms with van der Waals surface area (Å²) >= 11 is 0. The van der Waals surface area contributed by atoms with Gasteiger partial charge < -0.3 is 14.4 Å². The third-order valence-corrected chi connectivity index (χ3v) is 7.31. The number of benzene rings is 1. The normalized spacial score (nSPS) is 23.4. The van der Waals surface area contributed by atoms with E-state index in [9.17, 15) is 13.2 Å². The zero-order chi connectivity index (χ0) is 20.9. The molecule has 0 aromatic heterocycles.